The van der Waals surface area contributed by atoms with Gasteiger partial charge in [-0.3, -0.25) is 0 Å². The van der Waals surface area contributed by atoms with E-state index >= 15 is 0 Å². The summed E-state index contributed by atoms with van der Waals surface area (Å²) >= 11 is 5.97. The Morgan fingerprint density at radius 1 is 1.00 bits per heavy atom. The zero-order chi connectivity index (χ0) is 13.7. The summed E-state index contributed by atoms with van der Waals surface area (Å²) in [7, 11) is 0. The Hall–Kier alpha value is -1.31. The molecular weight excluding hydrogens is 254 g/mol. The smallest absolute Gasteiger partial charge is 0.0576 e. The van der Waals surface area contributed by atoms with Crippen molar-refractivity contribution in [1.82, 2.24) is 5.32 Å². The first kappa shape index (κ1) is 14.1. The van der Waals surface area contributed by atoms with Gasteiger partial charge in [-0.25, -0.2) is 0 Å². The first-order chi connectivity index (χ1) is 9.24. The van der Waals surface area contributed by atoms with E-state index in [0.29, 0.717) is 0 Å². The zero-order valence-electron chi connectivity index (χ0n) is 11.5. The van der Waals surface area contributed by atoms with E-state index in [1.165, 1.54) is 16.7 Å². The SMILES string of the molecule is CCNC(c1ccc(Cl)cc1)c1cccc(CC)c1. The molecule has 100 valence electrons. The van der Waals surface area contributed by atoms with Crippen molar-refractivity contribution in [2.45, 2.75) is 26.3 Å². The van der Waals surface area contributed by atoms with Crippen LogP contribution in [0, 0.1) is 0 Å². The van der Waals surface area contributed by atoms with Crippen molar-refractivity contribution in [3.05, 3.63) is 70.2 Å². The predicted molar refractivity (Wildman–Crippen MR) is 82.8 cm³/mol. The minimum Gasteiger partial charge on any atom is -0.307 e. The summed E-state index contributed by atoms with van der Waals surface area (Å²) in [6.07, 6.45) is 1.06. The predicted octanol–water partition coefficient (Wildman–Crippen LogP) is 4.60. The second-order valence-corrected chi connectivity index (χ2v) is 5.08. The normalized spacial score (nSPS) is 12.4. The van der Waals surface area contributed by atoms with Gasteiger partial charge in [-0.15, -0.1) is 0 Å². The molecule has 0 bridgehead atoms. The maximum absolute atomic E-state index is 5.97. The molecule has 0 radical (unpaired) electrons. The topological polar surface area (TPSA) is 12.0 Å². The molecule has 0 saturated heterocycles. The molecule has 2 aromatic rings. The largest absolute Gasteiger partial charge is 0.307 e. The van der Waals surface area contributed by atoms with Crippen molar-refractivity contribution in [2.24, 2.45) is 0 Å². The molecule has 0 heterocycles. The van der Waals surface area contributed by atoms with Crippen LogP contribution in [0.2, 0.25) is 5.02 Å². The molecule has 19 heavy (non-hydrogen) atoms. The molecule has 0 fully saturated rings. The molecule has 2 heteroatoms. The highest BCUT2D eigenvalue weighted by atomic mass is 35.5. The quantitative estimate of drug-likeness (QED) is 0.839. The van der Waals surface area contributed by atoms with Crippen molar-refractivity contribution in [3.8, 4) is 0 Å². The Kier molecular flexibility index (Phi) is 5.00. The molecule has 0 spiro atoms. The lowest BCUT2D eigenvalue weighted by molar-refractivity contribution is 0.630. The number of halogens is 1. The fraction of sp³-hybridized carbons (Fsp3) is 0.294. The molecule has 0 amide bonds. The summed E-state index contributed by atoms with van der Waals surface area (Å²) < 4.78 is 0. The Labute approximate surface area is 120 Å². The summed E-state index contributed by atoms with van der Waals surface area (Å²) in [4.78, 5) is 0. The maximum Gasteiger partial charge on any atom is 0.0576 e. The van der Waals surface area contributed by atoms with Crippen LogP contribution in [-0.4, -0.2) is 6.54 Å². The van der Waals surface area contributed by atoms with Crippen LogP contribution in [0.1, 0.15) is 36.6 Å². The highest BCUT2D eigenvalue weighted by Crippen LogP contribution is 2.24. The van der Waals surface area contributed by atoms with Crippen LogP contribution >= 0.6 is 11.6 Å². The summed E-state index contributed by atoms with van der Waals surface area (Å²) in [5.74, 6) is 0. The minimum absolute atomic E-state index is 0.230. The second kappa shape index (κ2) is 6.74. The summed E-state index contributed by atoms with van der Waals surface area (Å²) in [5.41, 5.74) is 3.93. The Morgan fingerprint density at radius 3 is 2.37 bits per heavy atom. The highest BCUT2D eigenvalue weighted by molar-refractivity contribution is 6.30. The lowest BCUT2D eigenvalue weighted by atomic mass is 9.96. The van der Waals surface area contributed by atoms with E-state index in [9.17, 15) is 0 Å². The number of hydrogen-bond donors (Lipinski definition) is 1. The van der Waals surface area contributed by atoms with Crippen molar-refractivity contribution in [2.75, 3.05) is 6.54 Å². The Balaban J connectivity index is 2.35. The number of nitrogens with one attached hydrogen (secondary N) is 1. The third kappa shape index (κ3) is 3.59. The lowest BCUT2D eigenvalue weighted by Crippen LogP contribution is -2.22. The van der Waals surface area contributed by atoms with Gasteiger partial charge in [0.2, 0.25) is 0 Å². The summed E-state index contributed by atoms with van der Waals surface area (Å²) in [5, 5.41) is 4.32. The molecule has 2 aromatic carbocycles. The van der Waals surface area contributed by atoms with Gasteiger partial charge in [0.25, 0.3) is 0 Å². The van der Waals surface area contributed by atoms with Gasteiger partial charge in [-0.2, -0.15) is 0 Å². The van der Waals surface area contributed by atoms with Gasteiger partial charge in [0, 0.05) is 5.02 Å². The first-order valence-corrected chi connectivity index (χ1v) is 7.20. The highest BCUT2D eigenvalue weighted by Gasteiger charge is 2.12. The average molecular weight is 274 g/mol. The third-order valence-electron chi connectivity index (χ3n) is 3.30. The van der Waals surface area contributed by atoms with Crippen LogP contribution in [0.5, 0.6) is 0 Å². The first-order valence-electron chi connectivity index (χ1n) is 6.82. The van der Waals surface area contributed by atoms with Crippen LogP contribution < -0.4 is 5.32 Å². The van der Waals surface area contributed by atoms with Crippen LogP contribution in [0.25, 0.3) is 0 Å². The molecule has 0 aromatic heterocycles. The molecular formula is C17H20ClN. The van der Waals surface area contributed by atoms with Gasteiger partial charge in [0.15, 0.2) is 0 Å². The van der Waals surface area contributed by atoms with E-state index in [1.54, 1.807) is 0 Å². The lowest BCUT2D eigenvalue weighted by Gasteiger charge is -2.19. The fourth-order valence-electron chi connectivity index (χ4n) is 2.28. The summed E-state index contributed by atoms with van der Waals surface area (Å²) in [6.45, 7) is 5.25. The number of aryl methyl sites for hydroxylation is 1. The second-order valence-electron chi connectivity index (χ2n) is 4.64. The van der Waals surface area contributed by atoms with E-state index in [-0.39, 0.29) is 6.04 Å². The van der Waals surface area contributed by atoms with Crippen LogP contribution in [0.3, 0.4) is 0 Å². The van der Waals surface area contributed by atoms with Gasteiger partial charge < -0.3 is 5.32 Å². The fourth-order valence-corrected chi connectivity index (χ4v) is 2.41. The van der Waals surface area contributed by atoms with E-state index in [1.807, 2.05) is 12.1 Å². The molecule has 1 N–H and O–H groups in total. The van der Waals surface area contributed by atoms with Crippen molar-refractivity contribution < 1.29 is 0 Å². The molecule has 0 saturated carbocycles. The van der Waals surface area contributed by atoms with Gasteiger partial charge in [0.05, 0.1) is 6.04 Å². The van der Waals surface area contributed by atoms with Gasteiger partial charge in [0.1, 0.15) is 0 Å². The molecule has 0 aliphatic heterocycles. The average Bonchev–Trinajstić information content (AvgIpc) is 2.46. The van der Waals surface area contributed by atoms with E-state index in [4.69, 9.17) is 11.6 Å². The van der Waals surface area contributed by atoms with Crippen molar-refractivity contribution in [1.29, 1.82) is 0 Å². The maximum atomic E-state index is 5.97. The van der Waals surface area contributed by atoms with Gasteiger partial charge in [-0.1, -0.05) is 61.8 Å². The monoisotopic (exact) mass is 273 g/mol. The summed E-state index contributed by atoms with van der Waals surface area (Å²) in [6, 6.07) is 17.1. The van der Waals surface area contributed by atoms with E-state index < -0.39 is 0 Å². The van der Waals surface area contributed by atoms with Gasteiger partial charge in [-0.05, 0) is 41.8 Å². The molecule has 2 rings (SSSR count). The number of hydrogen-bond acceptors (Lipinski definition) is 1. The molecule has 0 aliphatic rings. The minimum atomic E-state index is 0.230. The third-order valence-corrected chi connectivity index (χ3v) is 3.56. The van der Waals surface area contributed by atoms with E-state index in [0.717, 1.165) is 18.0 Å². The standard InChI is InChI=1S/C17H20ClN/c1-3-13-6-5-7-15(12-13)17(19-4-2)14-8-10-16(18)11-9-14/h5-12,17,19H,3-4H2,1-2H3. The number of benzene rings is 2. The van der Waals surface area contributed by atoms with Crippen LogP contribution in [0.15, 0.2) is 48.5 Å². The van der Waals surface area contributed by atoms with Crippen LogP contribution in [0.4, 0.5) is 0 Å². The molecule has 1 unspecified atom stereocenters. The van der Waals surface area contributed by atoms with Gasteiger partial charge >= 0.3 is 0 Å². The Bertz CT molecular complexity index is 519. The molecule has 0 aliphatic carbocycles. The molecule has 1 atom stereocenters. The van der Waals surface area contributed by atoms with Crippen LogP contribution in [-0.2, 0) is 6.42 Å². The van der Waals surface area contributed by atoms with Crippen molar-refractivity contribution in [3.63, 3.8) is 0 Å². The van der Waals surface area contributed by atoms with Crippen molar-refractivity contribution >= 4 is 11.6 Å². The Morgan fingerprint density at radius 2 is 1.74 bits per heavy atom. The zero-order valence-corrected chi connectivity index (χ0v) is 12.2. The molecule has 1 nitrogen and oxygen atoms in total. The van der Waals surface area contributed by atoms with E-state index in [2.05, 4.69) is 55.6 Å². The number of rotatable bonds is 5.